The van der Waals surface area contributed by atoms with Crippen molar-refractivity contribution in [1.29, 1.82) is 0 Å². The Kier molecular flexibility index (Phi) is 3.11. The summed E-state index contributed by atoms with van der Waals surface area (Å²) >= 11 is 6.64. The molecule has 2 aromatic heterocycles. The zero-order valence-electron chi connectivity index (χ0n) is 8.07. The number of rotatable bonds is 2. The van der Waals surface area contributed by atoms with E-state index in [-0.39, 0.29) is 16.9 Å². The molecule has 0 amide bonds. The maximum atomic E-state index is 12.3. The lowest BCUT2D eigenvalue weighted by atomic mass is 10.4. The van der Waals surface area contributed by atoms with Gasteiger partial charge in [0, 0.05) is 6.20 Å². The van der Waals surface area contributed by atoms with Crippen molar-refractivity contribution < 1.29 is 18.3 Å². The highest BCUT2D eigenvalue weighted by Crippen LogP contribution is 2.29. The lowest BCUT2D eigenvalue weighted by molar-refractivity contribution is -0.141. The largest absolute Gasteiger partial charge is 0.435 e. The minimum Gasteiger partial charge on any atom is -0.391 e. The number of hydrogen-bond acceptors (Lipinski definition) is 4. The minimum atomic E-state index is -4.49. The van der Waals surface area contributed by atoms with Gasteiger partial charge in [-0.05, 0) is 6.07 Å². The van der Waals surface area contributed by atoms with Crippen LogP contribution in [0, 0.1) is 0 Å². The highest BCUT2D eigenvalue weighted by atomic mass is 35.5. The Morgan fingerprint density at radius 1 is 1.47 bits per heavy atom. The quantitative estimate of drug-likeness (QED) is 0.921. The highest BCUT2D eigenvalue weighted by molar-refractivity contribution is 7.14. The fourth-order valence-electron chi connectivity index (χ4n) is 1.10. The Labute approximate surface area is 102 Å². The van der Waals surface area contributed by atoms with E-state index in [4.69, 9.17) is 16.7 Å². The number of aromatic nitrogens is 3. The van der Waals surface area contributed by atoms with E-state index in [1.54, 1.807) is 0 Å². The number of alkyl halides is 3. The van der Waals surface area contributed by atoms with E-state index in [0.29, 0.717) is 4.88 Å². The summed E-state index contributed by atoms with van der Waals surface area (Å²) in [6.07, 6.45) is -3.36. The Bertz CT molecular complexity index is 536. The van der Waals surface area contributed by atoms with Gasteiger partial charge in [0.25, 0.3) is 0 Å². The second-order valence-corrected chi connectivity index (χ2v) is 4.43. The Balaban J connectivity index is 2.37. The van der Waals surface area contributed by atoms with Crippen molar-refractivity contribution in [3.63, 3.8) is 0 Å². The van der Waals surface area contributed by atoms with Crippen LogP contribution in [0.3, 0.4) is 0 Å². The molecule has 2 aromatic rings. The van der Waals surface area contributed by atoms with Crippen molar-refractivity contribution in [2.24, 2.45) is 0 Å². The van der Waals surface area contributed by atoms with Crippen molar-refractivity contribution >= 4 is 22.9 Å². The van der Waals surface area contributed by atoms with E-state index < -0.39 is 11.9 Å². The third-order valence-corrected chi connectivity index (χ3v) is 3.31. The summed E-state index contributed by atoms with van der Waals surface area (Å²) in [5.41, 5.74) is -1.01. The van der Waals surface area contributed by atoms with Gasteiger partial charge < -0.3 is 5.11 Å². The van der Waals surface area contributed by atoms with Crippen molar-refractivity contribution in [2.75, 3.05) is 0 Å². The monoisotopic (exact) mass is 283 g/mol. The SMILES string of the molecule is OCc1sc(-n2ccc(C(F)(F)F)n2)nc1Cl. The standard InChI is InChI=1S/C8H5ClF3N3OS/c9-6-4(3-16)17-7(13-6)15-2-1-5(14-15)8(10,11)12/h1-2,16H,3H2. The number of aliphatic hydroxyl groups is 1. The molecule has 2 rings (SSSR count). The topological polar surface area (TPSA) is 50.9 Å². The first-order chi connectivity index (χ1) is 7.91. The summed E-state index contributed by atoms with van der Waals surface area (Å²) < 4.78 is 37.9. The summed E-state index contributed by atoms with van der Waals surface area (Å²) in [7, 11) is 0. The third kappa shape index (κ3) is 2.43. The molecule has 0 unspecified atom stereocenters. The van der Waals surface area contributed by atoms with Crippen LogP contribution in [-0.2, 0) is 12.8 Å². The van der Waals surface area contributed by atoms with Gasteiger partial charge in [0.15, 0.2) is 5.69 Å². The Morgan fingerprint density at radius 3 is 2.65 bits per heavy atom. The van der Waals surface area contributed by atoms with Gasteiger partial charge in [-0.3, -0.25) is 0 Å². The van der Waals surface area contributed by atoms with Crippen molar-refractivity contribution in [1.82, 2.24) is 14.8 Å². The van der Waals surface area contributed by atoms with Crippen LogP contribution >= 0.6 is 22.9 Å². The normalized spacial score (nSPS) is 12.1. The average molecular weight is 284 g/mol. The lowest BCUT2D eigenvalue weighted by Crippen LogP contribution is -2.07. The predicted octanol–water partition coefficient (Wildman–Crippen LogP) is 2.49. The molecule has 17 heavy (non-hydrogen) atoms. The highest BCUT2D eigenvalue weighted by Gasteiger charge is 2.33. The second kappa shape index (κ2) is 4.28. The van der Waals surface area contributed by atoms with Gasteiger partial charge in [-0.1, -0.05) is 22.9 Å². The van der Waals surface area contributed by atoms with E-state index >= 15 is 0 Å². The zero-order valence-corrected chi connectivity index (χ0v) is 9.64. The molecular weight excluding hydrogens is 279 g/mol. The Morgan fingerprint density at radius 2 is 2.18 bits per heavy atom. The van der Waals surface area contributed by atoms with Crippen LogP contribution in [0.1, 0.15) is 10.6 Å². The molecule has 0 fully saturated rings. The molecule has 0 spiro atoms. The van der Waals surface area contributed by atoms with Gasteiger partial charge in [-0.25, -0.2) is 9.67 Å². The molecule has 9 heteroatoms. The van der Waals surface area contributed by atoms with E-state index in [9.17, 15) is 13.2 Å². The number of aliphatic hydroxyl groups excluding tert-OH is 1. The van der Waals surface area contributed by atoms with Crippen molar-refractivity contribution in [3.8, 4) is 5.13 Å². The maximum Gasteiger partial charge on any atom is 0.435 e. The van der Waals surface area contributed by atoms with Crippen molar-refractivity contribution in [3.05, 3.63) is 28.0 Å². The summed E-state index contributed by atoms with van der Waals surface area (Å²) in [5.74, 6) is 0. The summed E-state index contributed by atoms with van der Waals surface area (Å²) in [6, 6.07) is 0.841. The molecule has 4 nitrogen and oxygen atoms in total. The number of halogens is 4. The van der Waals surface area contributed by atoms with Gasteiger partial charge in [0.1, 0.15) is 5.15 Å². The van der Waals surface area contributed by atoms with Gasteiger partial charge in [-0.15, -0.1) is 0 Å². The van der Waals surface area contributed by atoms with Gasteiger partial charge in [0.05, 0.1) is 11.5 Å². The average Bonchev–Trinajstić information content (AvgIpc) is 2.82. The molecule has 0 atom stereocenters. The van der Waals surface area contributed by atoms with Gasteiger partial charge in [0.2, 0.25) is 5.13 Å². The van der Waals surface area contributed by atoms with Crippen molar-refractivity contribution in [2.45, 2.75) is 12.8 Å². The molecule has 0 aliphatic rings. The number of thiazole rings is 1. The first-order valence-corrected chi connectivity index (χ1v) is 5.50. The van der Waals surface area contributed by atoms with Crippen LogP contribution in [0.15, 0.2) is 12.3 Å². The van der Waals surface area contributed by atoms with Gasteiger partial charge >= 0.3 is 6.18 Å². The fraction of sp³-hybridized carbons (Fsp3) is 0.250. The number of nitrogens with zero attached hydrogens (tertiary/aromatic N) is 3. The third-order valence-electron chi connectivity index (χ3n) is 1.86. The summed E-state index contributed by atoms with van der Waals surface area (Å²) in [6.45, 7) is -0.316. The van der Waals surface area contributed by atoms with Crippen LogP contribution in [0.5, 0.6) is 0 Å². The molecule has 0 aliphatic carbocycles. The molecule has 2 heterocycles. The van der Waals surface area contributed by atoms with Crippen LogP contribution in [-0.4, -0.2) is 19.9 Å². The van der Waals surface area contributed by atoms with E-state index in [2.05, 4.69) is 10.1 Å². The molecule has 1 N–H and O–H groups in total. The smallest absolute Gasteiger partial charge is 0.391 e. The summed E-state index contributed by atoms with van der Waals surface area (Å²) in [4.78, 5) is 4.18. The molecule has 0 saturated carbocycles. The molecule has 92 valence electrons. The molecule has 0 aliphatic heterocycles. The van der Waals surface area contributed by atoms with Crippen LogP contribution in [0.25, 0.3) is 5.13 Å². The van der Waals surface area contributed by atoms with Crippen LogP contribution in [0.4, 0.5) is 13.2 Å². The van der Waals surface area contributed by atoms with Gasteiger partial charge in [-0.2, -0.15) is 18.3 Å². The van der Waals surface area contributed by atoms with Crippen LogP contribution < -0.4 is 0 Å². The minimum absolute atomic E-state index is 0.0663. The molecular formula is C8H5ClF3N3OS. The molecule has 0 radical (unpaired) electrons. The number of hydrogen-bond donors (Lipinski definition) is 1. The predicted molar refractivity (Wildman–Crippen MR) is 55.2 cm³/mol. The summed E-state index contributed by atoms with van der Waals surface area (Å²) in [5, 5.41) is 12.5. The molecule has 0 bridgehead atoms. The first-order valence-electron chi connectivity index (χ1n) is 4.31. The Hall–Kier alpha value is -1.12. The molecule has 0 saturated heterocycles. The van der Waals surface area contributed by atoms with E-state index in [0.717, 1.165) is 28.3 Å². The maximum absolute atomic E-state index is 12.3. The first kappa shape index (κ1) is 12.3. The molecule has 0 aromatic carbocycles. The van der Waals surface area contributed by atoms with E-state index in [1.807, 2.05) is 0 Å². The zero-order chi connectivity index (χ0) is 12.6. The van der Waals surface area contributed by atoms with E-state index in [1.165, 1.54) is 0 Å². The lowest BCUT2D eigenvalue weighted by Gasteiger charge is -2.00. The van der Waals surface area contributed by atoms with Crippen LogP contribution in [0.2, 0.25) is 5.15 Å². The second-order valence-electron chi connectivity index (χ2n) is 3.01. The fourth-order valence-corrected chi connectivity index (χ4v) is 2.15.